The predicted molar refractivity (Wildman–Crippen MR) is 104 cm³/mol. The van der Waals surface area contributed by atoms with Crippen molar-refractivity contribution in [2.45, 2.75) is 27.0 Å². The van der Waals surface area contributed by atoms with Crippen LogP contribution in [0.1, 0.15) is 22.5 Å². The number of H-pyrrole nitrogens is 1. The summed E-state index contributed by atoms with van der Waals surface area (Å²) in [6.45, 7) is 4.94. The molecule has 0 amide bonds. The zero-order valence-corrected chi connectivity index (χ0v) is 15.9. The van der Waals surface area contributed by atoms with E-state index in [1.165, 1.54) is 5.56 Å². The normalized spacial score (nSPS) is 10.6. The third-order valence-corrected chi connectivity index (χ3v) is 4.29. The van der Waals surface area contributed by atoms with Crippen LogP contribution in [-0.2, 0) is 13.2 Å². The Morgan fingerprint density at radius 3 is 2.69 bits per heavy atom. The van der Waals surface area contributed by atoms with Gasteiger partial charge in [0.25, 0.3) is 0 Å². The van der Waals surface area contributed by atoms with E-state index in [1.807, 2.05) is 31.2 Å². The summed E-state index contributed by atoms with van der Waals surface area (Å²) >= 11 is 5.22. The number of aromatic nitrogens is 3. The highest BCUT2D eigenvalue weighted by Gasteiger charge is 2.12. The first kappa shape index (κ1) is 18.0. The summed E-state index contributed by atoms with van der Waals surface area (Å²) in [5.74, 6) is 2.18. The van der Waals surface area contributed by atoms with Crippen molar-refractivity contribution in [2.75, 3.05) is 12.5 Å². The molecule has 0 atom stereocenters. The Bertz CT molecular complexity index is 949. The van der Waals surface area contributed by atoms with Crippen LogP contribution in [0.15, 0.2) is 42.5 Å². The van der Waals surface area contributed by atoms with Crippen molar-refractivity contribution < 1.29 is 9.47 Å². The fourth-order valence-corrected chi connectivity index (χ4v) is 2.95. The van der Waals surface area contributed by atoms with E-state index in [2.05, 4.69) is 40.7 Å². The van der Waals surface area contributed by atoms with Gasteiger partial charge in [0.05, 0.1) is 13.7 Å². The lowest BCUT2D eigenvalue weighted by molar-refractivity contribution is 0.281. The van der Waals surface area contributed by atoms with Crippen LogP contribution in [0.3, 0.4) is 0 Å². The van der Waals surface area contributed by atoms with Gasteiger partial charge in [0, 0.05) is 5.56 Å². The summed E-state index contributed by atoms with van der Waals surface area (Å²) in [6, 6.07) is 14.1. The van der Waals surface area contributed by atoms with E-state index in [0.29, 0.717) is 23.7 Å². The van der Waals surface area contributed by atoms with Crippen molar-refractivity contribution in [3.8, 4) is 11.5 Å². The summed E-state index contributed by atoms with van der Waals surface area (Å²) in [5.41, 5.74) is 6.55. The summed E-state index contributed by atoms with van der Waals surface area (Å²) in [7, 11) is 1.64. The highest BCUT2D eigenvalue weighted by Crippen LogP contribution is 2.32. The number of aryl methyl sites for hydroxylation is 2. The zero-order valence-electron chi connectivity index (χ0n) is 15.1. The predicted octanol–water partition coefficient (Wildman–Crippen LogP) is 3.89. The minimum absolute atomic E-state index is 0.471. The van der Waals surface area contributed by atoms with Gasteiger partial charge in [-0.3, -0.25) is 5.10 Å². The van der Waals surface area contributed by atoms with Crippen molar-refractivity contribution in [3.63, 3.8) is 0 Å². The number of benzene rings is 2. The maximum Gasteiger partial charge on any atom is 0.214 e. The number of methoxy groups -OCH3 is 1. The molecule has 2 aromatic carbocycles. The maximum absolute atomic E-state index is 6.11. The fourth-order valence-electron chi connectivity index (χ4n) is 2.71. The summed E-state index contributed by atoms with van der Waals surface area (Å²) in [5, 5.41) is 6.86. The van der Waals surface area contributed by atoms with Crippen molar-refractivity contribution >= 4 is 12.2 Å². The maximum atomic E-state index is 6.11. The molecule has 0 saturated heterocycles. The second-order valence-electron chi connectivity index (χ2n) is 5.97. The van der Waals surface area contributed by atoms with Crippen molar-refractivity contribution in [1.29, 1.82) is 0 Å². The first-order valence-electron chi connectivity index (χ1n) is 8.30. The summed E-state index contributed by atoms with van der Waals surface area (Å²) < 4.78 is 13.8. The van der Waals surface area contributed by atoms with Crippen LogP contribution in [0.25, 0.3) is 0 Å². The van der Waals surface area contributed by atoms with Crippen LogP contribution < -0.4 is 14.9 Å². The first-order chi connectivity index (χ1) is 12.6. The van der Waals surface area contributed by atoms with Crippen LogP contribution in [0.4, 0.5) is 0 Å². The molecule has 6 nitrogen and oxygen atoms in total. The second-order valence-corrected chi connectivity index (χ2v) is 6.36. The van der Waals surface area contributed by atoms with Gasteiger partial charge in [0.15, 0.2) is 11.5 Å². The van der Waals surface area contributed by atoms with Gasteiger partial charge in [0.1, 0.15) is 12.4 Å². The molecule has 0 bridgehead atoms. The van der Waals surface area contributed by atoms with Crippen molar-refractivity contribution in [3.05, 3.63) is 69.8 Å². The van der Waals surface area contributed by atoms with E-state index in [-0.39, 0.29) is 0 Å². The molecule has 0 radical (unpaired) electrons. The number of hydrogen-bond acceptors (Lipinski definition) is 5. The Morgan fingerprint density at radius 1 is 1.19 bits per heavy atom. The molecule has 1 heterocycles. The van der Waals surface area contributed by atoms with E-state index in [1.54, 1.807) is 11.8 Å². The van der Waals surface area contributed by atoms with Gasteiger partial charge in [-0.15, -0.1) is 0 Å². The topological polar surface area (TPSA) is 64.1 Å². The van der Waals surface area contributed by atoms with E-state index in [0.717, 1.165) is 22.7 Å². The summed E-state index contributed by atoms with van der Waals surface area (Å²) in [4.78, 5) is 0. The van der Waals surface area contributed by atoms with Gasteiger partial charge in [-0.05, 0) is 37.7 Å². The third kappa shape index (κ3) is 4.05. The number of rotatable bonds is 7. The lowest BCUT2D eigenvalue weighted by Gasteiger charge is -2.16. The lowest BCUT2D eigenvalue weighted by Crippen LogP contribution is -2.16. The number of nitrogens with zero attached hydrogens (tertiary/aromatic N) is 2. The number of nitrogens with one attached hydrogen (secondary N) is 2. The zero-order chi connectivity index (χ0) is 18.5. The molecule has 0 aliphatic carbocycles. The highest BCUT2D eigenvalue weighted by molar-refractivity contribution is 7.71. The SMILES string of the molecule is COc1cccc(CNn2c(C)n[nH]c2=S)c1OCc1cccc(C)c1. The van der Waals surface area contributed by atoms with Crippen LogP contribution in [-0.4, -0.2) is 22.0 Å². The molecular weight excluding hydrogens is 348 g/mol. The molecule has 3 rings (SSSR count). The minimum Gasteiger partial charge on any atom is -0.493 e. The van der Waals surface area contributed by atoms with Crippen LogP contribution in [0, 0.1) is 18.6 Å². The molecule has 0 spiro atoms. The van der Waals surface area contributed by atoms with Gasteiger partial charge in [-0.1, -0.05) is 42.0 Å². The first-order valence-corrected chi connectivity index (χ1v) is 8.71. The van der Waals surface area contributed by atoms with E-state index in [4.69, 9.17) is 21.7 Å². The Morgan fingerprint density at radius 2 is 2.00 bits per heavy atom. The van der Waals surface area contributed by atoms with Gasteiger partial charge in [-0.25, -0.2) is 4.68 Å². The number of ether oxygens (including phenoxy) is 2. The molecule has 2 N–H and O–H groups in total. The Balaban J connectivity index is 1.80. The molecule has 7 heteroatoms. The number of para-hydroxylation sites is 1. The number of aromatic amines is 1. The average molecular weight is 370 g/mol. The molecule has 0 fully saturated rings. The number of hydrogen-bond donors (Lipinski definition) is 2. The Hall–Kier alpha value is -2.80. The average Bonchev–Trinajstić information content (AvgIpc) is 2.96. The third-order valence-electron chi connectivity index (χ3n) is 4.01. The van der Waals surface area contributed by atoms with E-state index in [9.17, 15) is 0 Å². The molecule has 0 aliphatic rings. The van der Waals surface area contributed by atoms with Crippen molar-refractivity contribution in [1.82, 2.24) is 14.9 Å². The molecule has 3 aromatic rings. The van der Waals surface area contributed by atoms with Gasteiger partial charge in [0.2, 0.25) is 4.77 Å². The monoisotopic (exact) mass is 370 g/mol. The molecule has 26 heavy (non-hydrogen) atoms. The second kappa shape index (κ2) is 8.05. The summed E-state index contributed by atoms with van der Waals surface area (Å²) in [6.07, 6.45) is 0. The Labute approximate surface area is 157 Å². The standard InChI is InChI=1S/C19H22N4O2S/c1-13-6-4-7-15(10-13)12-25-18-16(8-5-9-17(18)24-3)11-20-23-14(2)21-22-19(23)26/h4-10,20H,11-12H2,1-3H3,(H,22,26). The van der Waals surface area contributed by atoms with Crippen LogP contribution in [0.5, 0.6) is 11.5 Å². The van der Waals surface area contributed by atoms with Crippen LogP contribution >= 0.6 is 12.2 Å². The minimum atomic E-state index is 0.471. The van der Waals surface area contributed by atoms with E-state index >= 15 is 0 Å². The fraction of sp³-hybridized carbons (Fsp3) is 0.263. The van der Waals surface area contributed by atoms with Gasteiger partial charge < -0.3 is 14.9 Å². The van der Waals surface area contributed by atoms with Gasteiger partial charge in [-0.2, -0.15) is 5.10 Å². The molecule has 0 saturated carbocycles. The molecule has 136 valence electrons. The Kier molecular flexibility index (Phi) is 5.58. The molecule has 0 unspecified atom stereocenters. The highest BCUT2D eigenvalue weighted by atomic mass is 32.1. The van der Waals surface area contributed by atoms with Gasteiger partial charge >= 0.3 is 0 Å². The molecular formula is C19H22N4O2S. The molecule has 1 aromatic heterocycles. The molecule has 0 aliphatic heterocycles. The largest absolute Gasteiger partial charge is 0.493 e. The smallest absolute Gasteiger partial charge is 0.214 e. The quantitative estimate of drug-likeness (QED) is 0.618. The van der Waals surface area contributed by atoms with Crippen molar-refractivity contribution in [2.24, 2.45) is 0 Å². The lowest BCUT2D eigenvalue weighted by atomic mass is 10.1. The van der Waals surface area contributed by atoms with Crippen LogP contribution in [0.2, 0.25) is 0 Å². The van der Waals surface area contributed by atoms with E-state index < -0.39 is 0 Å².